The summed E-state index contributed by atoms with van der Waals surface area (Å²) in [4.78, 5) is 89.5. The molecule has 0 aliphatic rings. The van der Waals surface area contributed by atoms with Crippen molar-refractivity contribution in [2.75, 3.05) is 26.3 Å². The first-order valence-electron chi connectivity index (χ1n) is 16.0. The number of imidazole rings is 2. The molecule has 0 saturated heterocycles. The Labute approximate surface area is 274 Å². The summed E-state index contributed by atoms with van der Waals surface area (Å²) in [6.45, 7) is 11.8. The Bertz CT molecular complexity index is 1250. The van der Waals surface area contributed by atoms with E-state index in [4.69, 9.17) is 9.47 Å². The van der Waals surface area contributed by atoms with Crippen LogP contribution in [0.15, 0.2) is 12.7 Å². The van der Waals surface area contributed by atoms with Crippen LogP contribution in [-0.4, -0.2) is 93.9 Å². The lowest BCUT2D eigenvalue weighted by Crippen LogP contribution is -2.46. The Balaban J connectivity index is 1.88. The highest BCUT2D eigenvalue weighted by molar-refractivity contribution is 6.06. The first-order valence-corrected chi connectivity index (χ1v) is 16.0. The van der Waals surface area contributed by atoms with Crippen molar-refractivity contribution < 1.29 is 38.2 Å². The van der Waals surface area contributed by atoms with Crippen LogP contribution in [0.2, 0.25) is 0 Å². The van der Waals surface area contributed by atoms with E-state index in [9.17, 15) is 28.8 Å². The van der Waals surface area contributed by atoms with Gasteiger partial charge in [0.05, 0.1) is 25.9 Å². The van der Waals surface area contributed by atoms with Crippen LogP contribution in [0.25, 0.3) is 0 Å². The normalized spacial score (nSPS) is 12.3. The number of esters is 2. The average molecular weight is 661 g/mol. The molecule has 2 atom stereocenters. The van der Waals surface area contributed by atoms with Crippen molar-refractivity contribution in [1.82, 2.24) is 41.2 Å². The summed E-state index contributed by atoms with van der Waals surface area (Å²) >= 11 is 0. The van der Waals surface area contributed by atoms with Crippen molar-refractivity contribution in [2.45, 2.75) is 85.7 Å². The van der Waals surface area contributed by atoms with Crippen LogP contribution in [0.3, 0.4) is 0 Å². The van der Waals surface area contributed by atoms with Crippen molar-refractivity contribution in [1.29, 1.82) is 0 Å². The van der Waals surface area contributed by atoms with Gasteiger partial charge in [-0.2, -0.15) is 0 Å². The zero-order valence-electron chi connectivity index (χ0n) is 28.0. The van der Waals surface area contributed by atoms with E-state index >= 15 is 0 Å². The Morgan fingerprint density at radius 3 is 1.36 bits per heavy atom. The standard InChI is InChI=1S/C31H48N8O8/c1-7-9-14-46-30(44)20(18(3)4)38-28(42)24-22(34-16-36-24)26(40)32-12-11-13-33-27(41)23-25(37-17-35-23)29(43)39-21(19(5)6)31(45)47-15-10-8-2/h16-21H,7-15H2,1-6H3,(H,32,40)(H,33,41)(H,34,36)(H,35,37)(H,38,42)(H,39,43)/t20-,21-/m0/s1. The van der Waals surface area contributed by atoms with Gasteiger partial charge < -0.3 is 40.7 Å². The number of carbonyl (C=O) groups excluding carboxylic acids is 6. The van der Waals surface area contributed by atoms with E-state index in [1.165, 1.54) is 12.7 Å². The SMILES string of the molecule is CCCCOC(=O)[C@@H](NC(=O)c1nc[nH]c1C(=O)NCCCNC(=O)c1[nH]cnc1C(=O)N[C@H](C(=O)OCCCC)C(C)C)C(C)C. The third kappa shape index (κ3) is 11.8. The molecule has 0 saturated carbocycles. The summed E-state index contributed by atoms with van der Waals surface area (Å²) < 4.78 is 10.5. The Kier molecular flexibility index (Phi) is 16.1. The molecule has 0 unspecified atom stereocenters. The number of hydrogen-bond donors (Lipinski definition) is 6. The van der Waals surface area contributed by atoms with Gasteiger partial charge in [0.15, 0.2) is 11.4 Å². The number of hydrogen-bond acceptors (Lipinski definition) is 10. The molecular formula is C31H48N8O8. The number of nitrogens with one attached hydrogen (secondary N) is 6. The van der Waals surface area contributed by atoms with Gasteiger partial charge in [0.1, 0.15) is 23.5 Å². The number of aromatic amines is 2. The zero-order chi connectivity index (χ0) is 34.9. The van der Waals surface area contributed by atoms with Crippen molar-refractivity contribution in [3.05, 3.63) is 35.4 Å². The zero-order valence-corrected chi connectivity index (χ0v) is 28.0. The molecule has 0 spiro atoms. The molecule has 0 aliphatic carbocycles. The Morgan fingerprint density at radius 1 is 0.638 bits per heavy atom. The highest BCUT2D eigenvalue weighted by Crippen LogP contribution is 2.11. The minimum atomic E-state index is -0.916. The molecule has 2 aromatic heterocycles. The number of H-pyrrole nitrogens is 2. The predicted octanol–water partition coefficient (Wildman–Crippen LogP) is 1.88. The van der Waals surface area contributed by atoms with Gasteiger partial charge in [0, 0.05) is 13.1 Å². The summed E-state index contributed by atoms with van der Waals surface area (Å²) in [5, 5.41) is 10.5. The average Bonchev–Trinajstić information content (AvgIpc) is 3.72. The smallest absolute Gasteiger partial charge is 0.328 e. The van der Waals surface area contributed by atoms with Gasteiger partial charge in [-0.25, -0.2) is 19.6 Å². The first-order chi connectivity index (χ1) is 22.4. The van der Waals surface area contributed by atoms with Crippen molar-refractivity contribution >= 4 is 35.6 Å². The van der Waals surface area contributed by atoms with E-state index in [-0.39, 0.29) is 60.9 Å². The molecule has 2 aromatic rings. The van der Waals surface area contributed by atoms with Crippen LogP contribution in [0, 0.1) is 11.8 Å². The fraction of sp³-hybridized carbons (Fsp3) is 0.613. The highest BCUT2D eigenvalue weighted by Gasteiger charge is 2.30. The van der Waals surface area contributed by atoms with Gasteiger partial charge in [-0.15, -0.1) is 0 Å². The largest absolute Gasteiger partial charge is 0.464 e. The molecule has 0 aromatic carbocycles. The van der Waals surface area contributed by atoms with Crippen LogP contribution in [0.5, 0.6) is 0 Å². The molecular weight excluding hydrogens is 612 g/mol. The second-order valence-corrected chi connectivity index (χ2v) is 11.6. The molecule has 0 fully saturated rings. The summed E-state index contributed by atoms with van der Waals surface area (Å²) in [6.07, 6.45) is 5.82. The van der Waals surface area contributed by atoms with Crippen LogP contribution in [-0.2, 0) is 19.1 Å². The third-order valence-corrected chi connectivity index (χ3v) is 6.99. The minimum absolute atomic E-state index is 0.0875. The van der Waals surface area contributed by atoms with Crippen molar-refractivity contribution in [2.24, 2.45) is 11.8 Å². The van der Waals surface area contributed by atoms with E-state index in [0.717, 1.165) is 12.8 Å². The van der Waals surface area contributed by atoms with Gasteiger partial charge >= 0.3 is 11.9 Å². The molecule has 47 heavy (non-hydrogen) atoms. The minimum Gasteiger partial charge on any atom is -0.464 e. The van der Waals surface area contributed by atoms with Crippen LogP contribution >= 0.6 is 0 Å². The molecule has 16 heteroatoms. The number of aromatic nitrogens is 4. The fourth-order valence-corrected chi connectivity index (χ4v) is 4.18. The maximum absolute atomic E-state index is 12.9. The highest BCUT2D eigenvalue weighted by atomic mass is 16.5. The number of unbranched alkanes of at least 4 members (excludes halogenated alkanes) is 2. The summed E-state index contributed by atoms with van der Waals surface area (Å²) in [5.41, 5.74) is -0.533. The molecule has 2 heterocycles. The van der Waals surface area contributed by atoms with E-state index in [2.05, 4.69) is 41.2 Å². The van der Waals surface area contributed by atoms with Gasteiger partial charge in [-0.05, 0) is 31.1 Å². The molecule has 2 rings (SSSR count). The van der Waals surface area contributed by atoms with Gasteiger partial charge in [0.2, 0.25) is 0 Å². The van der Waals surface area contributed by atoms with Crippen LogP contribution in [0.1, 0.15) is 116 Å². The quantitative estimate of drug-likeness (QED) is 0.0893. The number of ether oxygens (including phenoxy) is 2. The van der Waals surface area contributed by atoms with E-state index < -0.39 is 47.7 Å². The monoisotopic (exact) mass is 660 g/mol. The van der Waals surface area contributed by atoms with Crippen molar-refractivity contribution in [3.63, 3.8) is 0 Å². The second-order valence-electron chi connectivity index (χ2n) is 11.6. The Morgan fingerprint density at radius 2 is 1.02 bits per heavy atom. The van der Waals surface area contributed by atoms with Crippen molar-refractivity contribution in [3.8, 4) is 0 Å². The molecule has 0 aliphatic heterocycles. The van der Waals surface area contributed by atoms with Gasteiger partial charge in [-0.1, -0.05) is 54.4 Å². The Hall–Kier alpha value is -4.76. The summed E-state index contributed by atoms with van der Waals surface area (Å²) in [5.74, 6) is -4.27. The van der Waals surface area contributed by atoms with E-state index in [0.29, 0.717) is 19.3 Å². The lowest BCUT2D eigenvalue weighted by Gasteiger charge is -2.20. The lowest BCUT2D eigenvalue weighted by atomic mass is 10.0. The first kappa shape index (κ1) is 38.4. The van der Waals surface area contributed by atoms with Gasteiger partial charge in [-0.3, -0.25) is 19.2 Å². The maximum Gasteiger partial charge on any atom is 0.328 e. The molecule has 6 N–H and O–H groups in total. The molecule has 0 radical (unpaired) electrons. The summed E-state index contributed by atoms with van der Waals surface area (Å²) in [6, 6.07) is -1.83. The van der Waals surface area contributed by atoms with Gasteiger partial charge in [0.25, 0.3) is 23.6 Å². The maximum atomic E-state index is 12.9. The molecule has 0 bridgehead atoms. The predicted molar refractivity (Wildman–Crippen MR) is 170 cm³/mol. The number of nitrogens with zero attached hydrogens (tertiary/aromatic N) is 2. The number of rotatable bonds is 20. The topological polar surface area (TPSA) is 226 Å². The lowest BCUT2D eigenvalue weighted by molar-refractivity contribution is -0.148. The number of amides is 4. The molecule has 4 amide bonds. The van der Waals surface area contributed by atoms with Crippen LogP contribution < -0.4 is 21.3 Å². The second kappa shape index (κ2) is 19.7. The molecule has 260 valence electrons. The van der Waals surface area contributed by atoms with E-state index in [1.54, 1.807) is 27.7 Å². The molecule has 16 nitrogen and oxygen atoms in total. The van der Waals surface area contributed by atoms with E-state index in [1.807, 2.05) is 13.8 Å². The number of carbonyl (C=O) groups is 6. The van der Waals surface area contributed by atoms with Crippen LogP contribution in [0.4, 0.5) is 0 Å². The summed E-state index contributed by atoms with van der Waals surface area (Å²) in [7, 11) is 0. The third-order valence-electron chi connectivity index (χ3n) is 6.99. The fourth-order valence-electron chi connectivity index (χ4n) is 4.18.